The molecule has 1 N–H and O–H groups in total. The molecule has 1 aromatic heterocycles. The van der Waals surface area contributed by atoms with E-state index in [-0.39, 0.29) is 5.91 Å². The van der Waals surface area contributed by atoms with Gasteiger partial charge in [0.1, 0.15) is 5.76 Å². The Morgan fingerprint density at radius 1 is 0.920 bits per heavy atom. The minimum Gasteiger partial charge on any atom is -0.465 e. The summed E-state index contributed by atoms with van der Waals surface area (Å²) in [5.74, 6) is 0.280. The number of carbonyl (C=O) groups is 1. The van der Waals surface area contributed by atoms with Gasteiger partial charge in [-0.1, -0.05) is 36.4 Å². The molecule has 4 nitrogen and oxygen atoms in total. The quantitative estimate of drug-likeness (QED) is 0.556. The summed E-state index contributed by atoms with van der Waals surface area (Å²) in [6.45, 7) is 0. The number of nitrogens with one attached hydrogen (secondary N) is 1. The van der Waals surface area contributed by atoms with Gasteiger partial charge in [0.15, 0.2) is 5.11 Å². The topological polar surface area (TPSA) is 45.5 Å². The van der Waals surface area contributed by atoms with Crippen molar-refractivity contribution in [2.24, 2.45) is 0 Å². The van der Waals surface area contributed by atoms with E-state index in [9.17, 15) is 4.79 Å². The lowest BCUT2D eigenvalue weighted by molar-refractivity contribution is -0.115. The van der Waals surface area contributed by atoms with Crippen molar-refractivity contribution in [1.82, 2.24) is 5.32 Å². The maximum atomic E-state index is 12.2. The largest absolute Gasteiger partial charge is 0.465 e. The summed E-state index contributed by atoms with van der Waals surface area (Å²) in [6.07, 6.45) is 4.53. The van der Waals surface area contributed by atoms with Crippen LogP contribution < -0.4 is 10.2 Å². The van der Waals surface area contributed by atoms with E-state index in [2.05, 4.69) is 5.32 Å². The molecule has 0 atom stereocenters. The molecule has 0 bridgehead atoms. The SMILES string of the molecule is O=C(C=Cc1ccco1)NC(=S)N(c1ccccc1)c1ccccc1. The Balaban J connectivity index is 1.79. The minimum atomic E-state index is -0.321. The summed E-state index contributed by atoms with van der Waals surface area (Å²) in [6, 6.07) is 22.8. The Bertz CT molecular complexity index is 820. The van der Waals surface area contributed by atoms with Crippen LogP contribution in [0.4, 0.5) is 11.4 Å². The molecule has 124 valence electrons. The molecule has 0 aliphatic heterocycles. The predicted molar refractivity (Wildman–Crippen MR) is 104 cm³/mol. The van der Waals surface area contributed by atoms with E-state index in [1.807, 2.05) is 65.6 Å². The van der Waals surface area contributed by atoms with Crippen LogP contribution >= 0.6 is 12.2 Å². The van der Waals surface area contributed by atoms with Gasteiger partial charge in [-0.25, -0.2) is 0 Å². The van der Waals surface area contributed by atoms with Gasteiger partial charge in [0.2, 0.25) is 5.91 Å². The molecule has 0 unspecified atom stereocenters. The van der Waals surface area contributed by atoms with Crippen LogP contribution in [-0.2, 0) is 4.79 Å². The van der Waals surface area contributed by atoms with E-state index < -0.39 is 0 Å². The highest BCUT2D eigenvalue weighted by atomic mass is 32.1. The zero-order valence-electron chi connectivity index (χ0n) is 13.3. The summed E-state index contributed by atoms with van der Waals surface area (Å²) in [4.78, 5) is 14.0. The number of hydrogen-bond acceptors (Lipinski definition) is 3. The highest BCUT2D eigenvalue weighted by molar-refractivity contribution is 7.80. The zero-order chi connectivity index (χ0) is 17.5. The van der Waals surface area contributed by atoms with Crippen molar-refractivity contribution in [3.63, 3.8) is 0 Å². The van der Waals surface area contributed by atoms with E-state index in [4.69, 9.17) is 16.6 Å². The maximum absolute atomic E-state index is 12.2. The third kappa shape index (κ3) is 4.43. The molecule has 3 aromatic rings. The highest BCUT2D eigenvalue weighted by Gasteiger charge is 2.15. The predicted octanol–water partition coefficient (Wildman–Crippen LogP) is 4.53. The van der Waals surface area contributed by atoms with Crippen molar-refractivity contribution < 1.29 is 9.21 Å². The average molecular weight is 348 g/mol. The van der Waals surface area contributed by atoms with Crippen molar-refractivity contribution >= 4 is 40.7 Å². The molecule has 1 heterocycles. The molecule has 1 amide bonds. The first kappa shape index (κ1) is 16.7. The second-order valence-electron chi connectivity index (χ2n) is 5.15. The van der Waals surface area contributed by atoms with E-state index in [1.54, 1.807) is 24.5 Å². The molecule has 25 heavy (non-hydrogen) atoms. The first-order valence-corrected chi connectivity index (χ1v) is 8.11. The summed E-state index contributed by atoms with van der Waals surface area (Å²) >= 11 is 5.47. The van der Waals surface area contributed by atoms with Gasteiger partial charge in [0.25, 0.3) is 0 Å². The first-order chi connectivity index (χ1) is 12.2. The van der Waals surface area contributed by atoms with Crippen LogP contribution in [0.2, 0.25) is 0 Å². The summed E-state index contributed by atoms with van der Waals surface area (Å²) < 4.78 is 5.16. The number of furan rings is 1. The van der Waals surface area contributed by atoms with Crippen LogP contribution in [0.25, 0.3) is 6.08 Å². The second-order valence-corrected chi connectivity index (χ2v) is 5.54. The highest BCUT2D eigenvalue weighted by Crippen LogP contribution is 2.24. The normalized spacial score (nSPS) is 10.6. The lowest BCUT2D eigenvalue weighted by atomic mass is 10.2. The molecule has 0 radical (unpaired) electrons. The van der Waals surface area contributed by atoms with Crippen LogP contribution in [0.3, 0.4) is 0 Å². The smallest absolute Gasteiger partial charge is 0.250 e. The number of benzene rings is 2. The number of nitrogens with zero attached hydrogens (tertiary/aromatic N) is 1. The number of carbonyl (C=O) groups excluding carboxylic acids is 1. The fourth-order valence-corrected chi connectivity index (χ4v) is 2.60. The molecule has 5 heteroatoms. The Hall–Kier alpha value is -3.18. The lowest BCUT2D eigenvalue weighted by Crippen LogP contribution is -2.39. The summed E-state index contributed by atoms with van der Waals surface area (Å²) in [7, 11) is 0. The van der Waals surface area contributed by atoms with Crippen molar-refractivity contribution in [2.75, 3.05) is 4.90 Å². The van der Waals surface area contributed by atoms with Crippen molar-refractivity contribution in [2.45, 2.75) is 0 Å². The van der Waals surface area contributed by atoms with Gasteiger partial charge in [-0.2, -0.15) is 0 Å². The third-order valence-corrected chi connectivity index (χ3v) is 3.69. The van der Waals surface area contributed by atoms with Crippen molar-refractivity contribution in [3.8, 4) is 0 Å². The number of para-hydroxylation sites is 2. The molecule has 0 spiro atoms. The fourth-order valence-electron chi connectivity index (χ4n) is 2.28. The molecule has 0 aliphatic rings. The number of anilines is 2. The minimum absolute atomic E-state index is 0.298. The average Bonchev–Trinajstić information content (AvgIpc) is 3.16. The van der Waals surface area contributed by atoms with Gasteiger partial charge < -0.3 is 4.42 Å². The van der Waals surface area contributed by atoms with Gasteiger partial charge in [0, 0.05) is 17.5 Å². The van der Waals surface area contributed by atoms with Crippen molar-refractivity contribution in [3.05, 3.63) is 90.9 Å². The van der Waals surface area contributed by atoms with Crippen molar-refractivity contribution in [1.29, 1.82) is 0 Å². The molecular formula is C20H16N2O2S. The van der Waals surface area contributed by atoms with E-state index in [1.165, 1.54) is 6.08 Å². The van der Waals surface area contributed by atoms with E-state index >= 15 is 0 Å². The molecule has 0 saturated heterocycles. The second kappa shape index (κ2) is 8.08. The van der Waals surface area contributed by atoms with Crippen LogP contribution in [0.5, 0.6) is 0 Å². The molecule has 0 aliphatic carbocycles. The van der Waals surface area contributed by atoms with Gasteiger partial charge in [0.05, 0.1) is 6.26 Å². The number of rotatable bonds is 4. The number of hydrogen-bond donors (Lipinski definition) is 1. The van der Waals surface area contributed by atoms with E-state index in [0.29, 0.717) is 10.9 Å². The van der Waals surface area contributed by atoms with Crippen LogP contribution in [0.1, 0.15) is 5.76 Å². The zero-order valence-corrected chi connectivity index (χ0v) is 14.1. The molecule has 3 rings (SSSR count). The first-order valence-electron chi connectivity index (χ1n) is 7.71. The number of amides is 1. The van der Waals surface area contributed by atoms with Gasteiger partial charge in [-0.15, -0.1) is 0 Å². The Morgan fingerprint density at radius 3 is 2.04 bits per heavy atom. The van der Waals surface area contributed by atoms with Gasteiger partial charge in [-0.3, -0.25) is 15.0 Å². The molecule has 2 aromatic carbocycles. The Kier molecular flexibility index (Phi) is 5.39. The van der Waals surface area contributed by atoms with Crippen LogP contribution in [0, 0.1) is 0 Å². The number of thiocarbonyl (C=S) groups is 1. The van der Waals surface area contributed by atoms with Crippen LogP contribution in [0.15, 0.2) is 89.6 Å². The van der Waals surface area contributed by atoms with Crippen LogP contribution in [-0.4, -0.2) is 11.0 Å². The van der Waals surface area contributed by atoms with E-state index in [0.717, 1.165) is 11.4 Å². The molecular weight excluding hydrogens is 332 g/mol. The Labute approximate surface area is 151 Å². The summed E-state index contributed by atoms with van der Waals surface area (Å²) in [5, 5.41) is 3.03. The Morgan fingerprint density at radius 2 is 1.52 bits per heavy atom. The maximum Gasteiger partial charge on any atom is 0.250 e. The lowest BCUT2D eigenvalue weighted by Gasteiger charge is -2.25. The third-order valence-electron chi connectivity index (χ3n) is 3.40. The molecule has 0 fully saturated rings. The van der Waals surface area contributed by atoms with Gasteiger partial charge in [-0.05, 0) is 54.7 Å². The standard InChI is InChI=1S/C20H16N2O2S/c23-19(14-13-18-12-7-15-24-18)21-20(25)22(16-8-3-1-4-9-16)17-10-5-2-6-11-17/h1-15H,(H,21,23,25). The monoisotopic (exact) mass is 348 g/mol. The summed E-state index contributed by atoms with van der Waals surface area (Å²) in [5.41, 5.74) is 1.74. The fraction of sp³-hybridized carbons (Fsp3) is 0. The van der Waals surface area contributed by atoms with Gasteiger partial charge >= 0.3 is 0 Å². The molecule has 0 saturated carbocycles.